The fraction of sp³-hybridized carbons (Fsp3) is 0.125. The molecule has 0 fully saturated rings. The summed E-state index contributed by atoms with van der Waals surface area (Å²) in [6.07, 6.45) is 3.51. The van der Waals surface area contributed by atoms with Crippen molar-refractivity contribution >= 4 is 17.2 Å². The third-order valence-electron chi connectivity index (χ3n) is 3.32. The Bertz CT molecular complexity index is 719. The lowest BCUT2D eigenvalue weighted by Crippen LogP contribution is -2.26. The predicted molar refractivity (Wildman–Crippen MR) is 84.2 cm³/mol. The average molecular weight is 297 g/mol. The average Bonchev–Trinajstić information content (AvgIpc) is 3.19. The molecule has 0 radical (unpaired) electrons. The highest BCUT2D eigenvalue weighted by Crippen LogP contribution is 2.28. The summed E-state index contributed by atoms with van der Waals surface area (Å²) in [5.41, 5.74) is 2.98. The summed E-state index contributed by atoms with van der Waals surface area (Å²) < 4.78 is 0. The van der Waals surface area contributed by atoms with Gasteiger partial charge in [0.25, 0.3) is 5.91 Å². The number of nitrogens with zero attached hydrogens (tertiary/aromatic N) is 1. The number of hydrogen-bond acceptors (Lipinski definition) is 3. The molecule has 0 saturated heterocycles. The standard InChI is InChI=1S/C16H15N3OS/c1-11(13-9-17-18-10-13)19-16(20)15-14(7-8-21-15)12-5-3-2-4-6-12/h2-11H,1H3,(H,17,18)(H,19,20). The Morgan fingerprint density at radius 3 is 2.81 bits per heavy atom. The number of aromatic amines is 1. The maximum Gasteiger partial charge on any atom is 0.262 e. The van der Waals surface area contributed by atoms with E-state index in [0.29, 0.717) is 0 Å². The van der Waals surface area contributed by atoms with Crippen LogP contribution in [0.5, 0.6) is 0 Å². The molecule has 0 aliphatic carbocycles. The number of amides is 1. The quantitative estimate of drug-likeness (QED) is 0.772. The van der Waals surface area contributed by atoms with Gasteiger partial charge in [0.05, 0.1) is 17.1 Å². The summed E-state index contributed by atoms with van der Waals surface area (Å²) in [4.78, 5) is 13.2. The van der Waals surface area contributed by atoms with Gasteiger partial charge in [-0.15, -0.1) is 11.3 Å². The lowest BCUT2D eigenvalue weighted by molar-refractivity contribution is 0.0944. The second kappa shape index (κ2) is 5.93. The van der Waals surface area contributed by atoms with Crippen LogP contribution in [0.25, 0.3) is 11.1 Å². The van der Waals surface area contributed by atoms with Gasteiger partial charge in [-0.3, -0.25) is 9.89 Å². The SMILES string of the molecule is CC(NC(=O)c1sccc1-c1ccccc1)c1cn[nH]c1. The van der Waals surface area contributed by atoms with Gasteiger partial charge in [0.2, 0.25) is 0 Å². The Balaban J connectivity index is 1.82. The van der Waals surface area contributed by atoms with Crippen LogP contribution >= 0.6 is 11.3 Å². The molecule has 2 aromatic heterocycles. The number of nitrogens with one attached hydrogen (secondary N) is 2. The van der Waals surface area contributed by atoms with Crippen molar-refractivity contribution in [2.75, 3.05) is 0 Å². The lowest BCUT2D eigenvalue weighted by Gasteiger charge is -2.12. The van der Waals surface area contributed by atoms with E-state index in [0.717, 1.165) is 21.6 Å². The second-order valence-corrected chi connectivity index (χ2v) is 5.67. The third-order valence-corrected chi connectivity index (χ3v) is 4.24. The highest BCUT2D eigenvalue weighted by molar-refractivity contribution is 7.12. The van der Waals surface area contributed by atoms with Crippen molar-refractivity contribution in [2.24, 2.45) is 0 Å². The number of hydrogen-bond donors (Lipinski definition) is 2. The molecule has 0 aliphatic rings. The Labute approximate surface area is 126 Å². The van der Waals surface area contributed by atoms with Crippen LogP contribution in [0.3, 0.4) is 0 Å². The Hall–Kier alpha value is -2.40. The van der Waals surface area contributed by atoms with Crippen LogP contribution < -0.4 is 5.32 Å². The van der Waals surface area contributed by atoms with Crippen molar-refractivity contribution in [2.45, 2.75) is 13.0 Å². The third kappa shape index (κ3) is 2.87. The van der Waals surface area contributed by atoms with Crippen LogP contribution in [0, 0.1) is 0 Å². The number of aromatic nitrogens is 2. The van der Waals surface area contributed by atoms with Gasteiger partial charge in [-0.25, -0.2) is 0 Å². The first-order chi connectivity index (χ1) is 10.3. The molecule has 0 spiro atoms. The summed E-state index contributed by atoms with van der Waals surface area (Å²) in [7, 11) is 0. The zero-order chi connectivity index (χ0) is 14.7. The maximum absolute atomic E-state index is 12.5. The zero-order valence-corrected chi connectivity index (χ0v) is 12.4. The summed E-state index contributed by atoms with van der Waals surface area (Å²) >= 11 is 1.46. The summed E-state index contributed by atoms with van der Waals surface area (Å²) in [6.45, 7) is 1.94. The van der Waals surface area contributed by atoms with Crippen LogP contribution in [0.1, 0.15) is 28.2 Å². The number of carbonyl (C=O) groups is 1. The number of thiophene rings is 1. The van der Waals surface area contributed by atoms with E-state index in [1.54, 1.807) is 12.4 Å². The molecule has 106 valence electrons. The van der Waals surface area contributed by atoms with E-state index in [9.17, 15) is 4.79 Å². The van der Waals surface area contributed by atoms with Crippen molar-refractivity contribution in [3.63, 3.8) is 0 Å². The second-order valence-electron chi connectivity index (χ2n) is 4.76. The summed E-state index contributed by atoms with van der Waals surface area (Å²) in [5, 5.41) is 11.6. The molecular weight excluding hydrogens is 282 g/mol. The van der Waals surface area contributed by atoms with Gasteiger partial charge < -0.3 is 5.32 Å². The van der Waals surface area contributed by atoms with Crippen molar-refractivity contribution in [3.05, 3.63) is 64.6 Å². The van der Waals surface area contributed by atoms with Crippen LogP contribution in [-0.2, 0) is 0 Å². The monoisotopic (exact) mass is 297 g/mol. The molecule has 3 rings (SSSR count). The van der Waals surface area contributed by atoms with Gasteiger partial charge >= 0.3 is 0 Å². The van der Waals surface area contributed by atoms with Gasteiger partial charge in [-0.1, -0.05) is 30.3 Å². The molecule has 1 atom stereocenters. The van der Waals surface area contributed by atoms with E-state index in [1.165, 1.54) is 11.3 Å². The number of carbonyl (C=O) groups excluding carboxylic acids is 1. The normalized spacial score (nSPS) is 12.0. The van der Waals surface area contributed by atoms with Gasteiger partial charge in [0.1, 0.15) is 0 Å². The minimum atomic E-state index is -0.0815. The molecule has 0 aliphatic heterocycles. The Kier molecular flexibility index (Phi) is 3.83. The molecule has 1 amide bonds. The van der Waals surface area contributed by atoms with Crippen molar-refractivity contribution in [3.8, 4) is 11.1 Å². The lowest BCUT2D eigenvalue weighted by atomic mass is 10.1. The first-order valence-corrected chi connectivity index (χ1v) is 7.56. The molecule has 1 aromatic carbocycles. The zero-order valence-electron chi connectivity index (χ0n) is 11.5. The number of rotatable bonds is 4. The molecule has 3 aromatic rings. The smallest absolute Gasteiger partial charge is 0.262 e. The molecule has 21 heavy (non-hydrogen) atoms. The molecule has 5 heteroatoms. The molecule has 0 saturated carbocycles. The van der Waals surface area contributed by atoms with Gasteiger partial charge in [0, 0.05) is 17.3 Å². The highest BCUT2D eigenvalue weighted by Gasteiger charge is 2.17. The minimum absolute atomic E-state index is 0.0578. The molecule has 0 bridgehead atoms. The predicted octanol–water partition coefficient (Wildman–Crippen LogP) is 3.63. The summed E-state index contributed by atoms with van der Waals surface area (Å²) in [5.74, 6) is -0.0578. The molecule has 4 nitrogen and oxygen atoms in total. The maximum atomic E-state index is 12.5. The Morgan fingerprint density at radius 1 is 1.29 bits per heavy atom. The first kappa shape index (κ1) is 13.6. The van der Waals surface area contributed by atoms with Crippen LogP contribution in [0.15, 0.2) is 54.2 Å². The van der Waals surface area contributed by atoms with Crippen LogP contribution in [0.4, 0.5) is 0 Å². The molecule has 2 heterocycles. The number of H-pyrrole nitrogens is 1. The largest absolute Gasteiger partial charge is 0.345 e. The van der Waals surface area contributed by atoms with E-state index in [1.807, 2.05) is 48.7 Å². The van der Waals surface area contributed by atoms with E-state index < -0.39 is 0 Å². The first-order valence-electron chi connectivity index (χ1n) is 6.68. The van der Waals surface area contributed by atoms with Gasteiger partial charge in [-0.05, 0) is 23.9 Å². The Morgan fingerprint density at radius 2 is 2.10 bits per heavy atom. The van der Waals surface area contributed by atoms with E-state index in [2.05, 4.69) is 15.5 Å². The van der Waals surface area contributed by atoms with Crippen molar-refractivity contribution in [1.29, 1.82) is 0 Å². The summed E-state index contributed by atoms with van der Waals surface area (Å²) in [6, 6.07) is 11.8. The molecular formula is C16H15N3OS. The minimum Gasteiger partial charge on any atom is -0.345 e. The van der Waals surface area contributed by atoms with Crippen molar-refractivity contribution < 1.29 is 4.79 Å². The van der Waals surface area contributed by atoms with E-state index in [-0.39, 0.29) is 11.9 Å². The van der Waals surface area contributed by atoms with Crippen LogP contribution in [-0.4, -0.2) is 16.1 Å². The molecule has 2 N–H and O–H groups in total. The topological polar surface area (TPSA) is 57.8 Å². The fourth-order valence-corrected chi connectivity index (χ4v) is 2.99. The van der Waals surface area contributed by atoms with Crippen molar-refractivity contribution in [1.82, 2.24) is 15.5 Å². The van der Waals surface area contributed by atoms with Gasteiger partial charge in [-0.2, -0.15) is 5.10 Å². The number of benzene rings is 1. The molecule has 1 unspecified atom stereocenters. The highest BCUT2D eigenvalue weighted by atomic mass is 32.1. The van der Waals surface area contributed by atoms with E-state index >= 15 is 0 Å². The van der Waals surface area contributed by atoms with E-state index in [4.69, 9.17) is 0 Å². The van der Waals surface area contributed by atoms with Crippen LogP contribution in [0.2, 0.25) is 0 Å². The fourth-order valence-electron chi connectivity index (χ4n) is 2.17. The van der Waals surface area contributed by atoms with Gasteiger partial charge in [0.15, 0.2) is 0 Å².